The number of fused-ring (bicyclic) bond motifs is 3. The van der Waals surface area contributed by atoms with Gasteiger partial charge in [-0.1, -0.05) is 6.07 Å². The molecule has 8 heteroatoms. The van der Waals surface area contributed by atoms with Crippen molar-refractivity contribution in [3.05, 3.63) is 65.4 Å². The van der Waals surface area contributed by atoms with Crippen LogP contribution in [0.2, 0.25) is 0 Å². The predicted octanol–water partition coefficient (Wildman–Crippen LogP) is 4.47. The molecule has 0 amide bonds. The number of methoxy groups -OCH3 is 1. The van der Waals surface area contributed by atoms with E-state index >= 15 is 0 Å². The van der Waals surface area contributed by atoms with Gasteiger partial charge < -0.3 is 15.2 Å². The van der Waals surface area contributed by atoms with E-state index in [0.29, 0.717) is 13.2 Å². The molecule has 0 bridgehead atoms. The summed E-state index contributed by atoms with van der Waals surface area (Å²) >= 11 is 3.53. The minimum atomic E-state index is 0.119. The smallest absolute Gasteiger partial charge is 0.141 e. The second kappa shape index (κ2) is 8.29. The Morgan fingerprint density at radius 1 is 1.37 bits per heavy atom. The van der Waals surface area contributed by atoms with Crippen molar-refractivity contribution in [2.75, 3.05) is 20.3 Å². The van der Waals surface area contributed by atoms with E-state index in [4.69, 9.17) is 15.2 Å². The van der Waals surface area contributed by atoms with Gasteiger partial charge in [0, 0.05) is 35.7 Å². The van der Waals surface area contributed by atoms with Gasteiger partial charge in [0.25, 0.3) is 0 Å². The molecule has 0 radical (unpaired) electrons. The third kappa shape index (κ3) is 3.66. The number of nitrogens with zero attached hydrogens (tertiary/aromatic N) is 3. The Kier molecular flexibility index (Phi) is 5.37. The summed E-state index contributed by atoms with van der Waals surface area (Å²) in [6, 6.07) is 10.3. The molecule has 0 fully saturated rings. The largest absolute Gasteiger partial charge is 0.497 e. The van der Waals surface area contributed by atoms with E-state index in [1.165, 1.54) is 4.21 Å². The van der Waals surface area contributed by atoms with E-state index in [-0.39, 0.29) is 11.3 Å². The van der Waals surface area contributed by atoms with Crippen molar-refractivity contribution in [2.24, 2.45) is 5.73 Å². The lowest BCUT2D eigenvalue weighted by atomic mass is 9.99. The maximum Gasteiger partial charge on any atom is 0.141 e. The lowest BCUT2D eigenvalue weighted by Gasteiger charge is -2.26. The molecule has 3 aromatic heterocycles. The number of hydrogen-bond donors (Lipinski definition) is 1. The van der Waals surface area contributed by atoms with Crippen molar-refractivity contribution in [3.8, 4) is 11.5 Å². The molecule has 4 aromatic rings. The van der Waals surface area contributed by atoms with Crippen LogP contribution < -0.4 is 15.2 Å². The van der Waals surface area contributed by atoms with Gasteiger partial charge >= 0.3 is 0 Å². The number of benzene rings is 1. The van der Waals surface area contributed by atoms with Gasteiger partial charge in [0.1, 0.15) is 18.1 Å². The first-order chi connectivity index (χ1) is 14.7. The molecule has 5 rings (SSSR count). The molecule has 6 nitrogen and oxygen atoms in total. The average Bonchev–Trinajstić information content (AvgIpc) is 3.49. The van der Waals surface area contributed by atoms with Crippen LogP contribution in [0.15, 0.2) is 58.5 Å². The highest BCUT2D eigenvalue weighted by atomic mass is 32.2. The summed E-state index contributed by atoms with van der Waals surface area (Å²) in [6.45, 7) is 1.13. The van der Waals surface area contributed by atoms with Crippen LogP contribution in [0.3, 0.4) is 0 Å². The molecule has 30 heavy (non-hydrogen) atoms. The van der Waals surface area contributed by atoms with Gasteiger partial charge in [-0.2, -0.15) is 5.10 Å². The van der Waals surface area contributed by atoms with Crippen LogP contribution in [0.5, 0.6) is 11.5 Å². The van der Waals surface area contributed by atoms with E-state index in [9.17, 15) is 0 Å². The summed E-state index contributed by atoms with van der Waals surface area (Å²) in [7, 11) is 1.68. The van der Waals surface area contributed by atoms with E-state index in [1.54, 1.807) is 30.2 Å². The first-order valence-electron chi connectivity index (χ1n) is 9.78. The molecular formula is C22H22N4O2S2. The lowest BCUT2D eigenvalue weighted by molar-refractivity contribution is 0.214. The van der Waals surface area contributed by atoms with Crippen LogP contribution in [0.25, 0.3) is 10.9 Å². The SMILES string of the molecule is COc1ccc2ncc3c(c2c1)CC(n1cc(C(CN)Sc2cccs2)cn1)CO3. The van der Waals surface area contributed by atoms with Crippen LogP contribution in [-0.2, 0) is 6.42 Å². The summed E-state index contributed by atoms with van der Waals surface area (Å²) < 4.78 is 14.8. The Morgan fingerprint density at radius 3 is 3.10 bits per heavy atom. The molecule has 4 heterocycles. The van der Waals surface area contributed by atoms with Crippen LogP contribution in [0, 0.1) is 0 Å². The molecular weight excluding hydrogens is 416 g/mol. The molecule has 0 saturated carbocycles. The highest BCUT2D eigenvalue weighted by Gasteiger charge is 2.25. The lowest BCUT2D eigenvalue weighted by Crippen LogP contribution is -2.25. The third-order valence-corrected chi connectivity index (χ3v) is 7.71. The highest BCUT2D eigenvalue weighted by Crippen LogP contribution is 2.38. The topological polar surface area (TPSA) is 75.2 Å². The quantitative estimate of drug-likeness (QED) is 0.448. The van der Waals surface area contributed by atoms with Gasteiger partial charge in [0.2, 0.25) is 0 Å². The maximum absolute atomic E-state index is 6.07. The highest BCUT2D eigenvalue weighted by molar-refractivity contribution is 8.01. The van der Waals surface area contributed by atoms with Gasteiger partial charge in [-0.05, 0) is 29.6 Å². The number of nitrogens with two attached hydrogens (primary N) is 1. The van der Waals surface area contributed by atoms with Crippen LogP contribution in [0.4, 0.5) is 0 Å². The summed E-state index contributed by atoms with van der Waals surface area (Å²) in [6.07, 6.45) is 6.69. The Labute approximate surface area is 183 Å². The Balaban J connectivity index is 1.41. The zero-order valence-electron chi connectivity index (χ0n) is 16.5. The molecule has 1 aliphatic heterocycles. The molecule has 0 spiro atoms. The Bertz CT molecular complexity index is 1150. The fraction of sp³-hybridized carbons (Fsp3) is 0.273. The molecule has 154 valence electrons. The number of aromatic nitrogens is 3. The van der Waals surface area contributed by atoms with E-state index in [2.05, 4.69) is 33.8 Å². The molecule has 1 aliphatic rings. The summed E-state index contributed by atoms with van der Waals surface area (Å²) in [5.74, 6) is 1.66. The van der Waals surface area contributed by atoms with Crippen molar-refractivity contribution in [1.82, 2.24) is 14.8 Å². The molecule has 2 N–H and O–H groups in total. The minimum absolute atomic E-state index is 0.119. The molecule has 2 atom stereocenters. The average molecular weight is 439 g/mol. The maximum atomic E-state index is 6.07. The Hall–Kier alpha value is -2.55. The zero-order valence-corrected chi connectivity index (χ0v) is 18.2. The van der Waals surface area contributed by atoms with Crippen LogP contribution in [0.1, 0.15) is 22.4 Å². The molecule has 1 aromatic carbocycles. The van der Waals surface area contributed by atoms with Crippen molar-refractivity contribution >= 4 is 34.0 Å². The predicted molar refractivity (Wildman–Crippen MR) is 121 cm³/mol. The van der Waals surface area contributed by atoms with E-state index in [0.717, 1.165) is 39.9 Å². The van der Waals surface area contributed by atoms with Gasteiger partial charge in [-0.25, -0.2) is 0 Å². The van der Waals surface area contributed by atoms with Crippen LogP contribution in [-0.4, -0.2) is 35.0 Å². The molecule has 2 unspecified atom stereocenters. The molecule has 0 aliphatic carbocycles. The summed E-state index contributed by atoms with van der Waals surface area (Å²) in [5.41, 5.74) is 9.30. The number of rotatable bonds is 6. The number of hydrogen-bond acceptors (Lipinski definition) is 7. The van der Waals surface area contributed by atoms with E-state index in [1.807, 2.05) is 35.3 Å². The number of ether oxygens (including phenoxy) is 2. The van der Waals surface area contributed by atoms with Gasteiger partial charge in [-0.3, -0.25) is 9.67 Å². The number of thiophene rings is 1. The van der Waals surface area contributed by atoms with Gasteiger partial charge in [0.15, 0.2) is 0 Å². The van der Waals surface area contributed by atoms with Crippen molar-refractivity contribution < 1.29 is 9.47 Å². The first kappa shape index (κ1) is 19.4. The fourth-order valence-electron chi connectivity index (χ4n) is 3.76. The standard InChI is InChI=1S/C22H22N4O2S2/c1-27-16-4-5-19-17(8-16)18-7-15(13-28-20(18)11-24-19)26-12-14(10-25-26)21(9-23)30-22-3-2-6-29-22/h2-6,8,10-12,15,21H,7,9,13,23H2,1H3. The van der Waals surface area contributed by atoms with Gasteiger partial charge in [-0.15, -0.1) is 23.1 Å². The zero-order chi connectivity index (χ0) is 20.5. The fourth-order valence-corrected chi connectivity index (χ4v) is 5.74. The first-order valence-corrected chi connectivity index (χ1v) is 11.5. The minimum Gasteiger partial charge on any atom is -0.497 e. The summed E-state index contributed by atoms with van der Waals surface area (Å²) in [4.78, 5) is 4.52. The van der Waals surface area contributed by atoms with Crippen molar-refractivity contribution in [2.45, 2.75) is 21.9 Å². The second-order valence-electron chi connectivity index (χ2n) is 7.18. The molecule has 0 saturated heterocycles. The van der Waals surface area contributed by atoms with E-state index < -0.39 is 0 Å². The second-order valence-corrected chi connectivity index (χ2v) is 9.63. The number of pyridine rings is 1. The van der Waals surface area contributed by atoms with Crippen LogP contribution >= 0.6 is 23.1 Å². The third-order valence-electron chi connectivity index (χ3n) is 5.35. The van der Waals surface area contributed by atoms with Gasteiger partial charge in [0.05, 0.1) is 40.5 Å². The Morgan fingerprint density at radius 2 is 2.30 bits per heavy atom. The normalized spacial score (nSPS) is 16.8. The van der Waals surface area contributed by atoms with Crippen molar-refractivity contribution in [1.29, 1.82) is 0 Å². The van der Waals surface area contributed by atoms with Crippen molar-refractivity contribution in [3.63, 3.8) is 0 Å². The number of thioether (sulfide) groups is 1. The summed E-state index contributed by atoms with van der Waals surface area (Å²) in [5, 5.41) is 7.99. The monoisotopic (exact) mass is 438 g/mol.